The van der Waals surface area contributed by atoms with Crippen LogP contribution >= 0.6 is 35.0 Å². The first-order valence-corrected chi connectivity index (χ1v) is 8.90. The number of benzene rings is 1. The Balaban J connectivity index is 2.42. The highest BCUT2D eigenvalue weighted by atomic mass is 35.5. The lowest BCUT2D eigenvalue weighted by Crippen LogP contribution is -2.11. The Morgan fingerprint density at radius 1 is 1.35 bits per heavy atom. The summed E-state index contributed by atoms with van der Waals surface area (Å²) >= 11 is 14.4. The first kappa shape index (κ1) is 16.0. The lowest BCUT2D eigenvalue weighted by molar-refractivity contribution is 0.525. The SMILES string of the molecule is CCSCCC(C)n1c(C(C)Cl)nc2ccc(Cl)cc21. The first-order valence-electron chi connectivity index (χ1n) is 6.93. The van der Waals surface area contributed by atoms with Crippen LogP contribution in [0, 0.1) is 0 Å². The highest BCUT2D eigenvalue weighted by Gasteiger charge is 2.19. The zero-order chi connectivity index (χ0) is 14.7. The molecule has 2 nitrogen and oxygen atoms in total. The van der Waals surface area contributed by atoms with Gasteiger partial charge in [0.05, 0.1) is 16.4 Å². The maximum absolute atomic E-state index is 6.30. The monoisotopic (exact) mass is 330 g/mol. The second-order valence-corrected chi connectivity index (χ2v) is 7.41. The molecule has 2 rings (SSSR count). The van der Waals surface area contributed by atoms with E-state index in [1.807, 2.05) is 36.9 Å². The van der Waals surface area contributed by atoms with Crippen LogP contribution in [0.15, 0.2) is 18.2 Å². The molecule has 1 heterocycles. The summed E-state index contributed by atoms with van der Waals surface area (Å²) in [5.41, 5.74) is 2.04. The van der Waals surface area contributed by atoms with Gasteiger partial charge in [0.2, 0.25) is 0 Å². The van der Waals surface area contributed by atoms with E-state index in [1.54, 1.807) is 0 Å². The zero-order valence-corrected chi connectivity index (χ0v) is 14.4. The molecule has 0 saturated carbocycles. The molecule has 0 amide bonds. The van der Waals surface area contributed by atoms with Gasteiger partial charge >= 0.3 is 0 Å². The minimum Gasteiger partial charge on any atom is -0.324 e. The van der Waals surface area contributed by atoms with Crippen molar-refractivity contribution in [2.45, 2.75) is 38.6 Å². The van der Waals surface area contributed by atoms with E-state index in [9.17, 15) is 0 Å². The Morgan fingerprint density at radius 2 is 2.10 bits per heavy atom. The van der Waals surface area contributed by atoms with Crippen molar-refractivity contribution in [3.05, 3.63) is 29.0 Å². The first-order chi connectivity index (χ1) is 9.54. The topological polar surface area (TPSA) is 17.8 Å². The predicted molar refractivity (Wildman–Crippen MR) is 91.3 cm³/mol. The highest BCUT2D eigenvalue weighted by molar-refractivity contribution is 7.99. The van der Waals surface area contributed by atoms with E-state index in [2.05, 4.69) is 23.4 Å². The molecule has 1 aromatic carbocycles. The molecule has 0 saturated heterocycles. The van der Waals surface area contributed by atoms with E-state index in [0.717, 1.165) is 39.8 Å². The van der Waals surface area contributed by atoms with Crippen molar-refractivity contribution < 1.29 is 0 Å². The fourth-order valence-electron chi connectivity index (χ4n) is 2.36. The number of fused-ring (bicyclic) bond motifs is 1. The molecule has 0 fully saturated rings. The predicted octanol–water partition coefficient (Wildman–Crippen LogP) is 5.69. The molecule has 5 heteroatoms. The minimum absolute atomic E-state index is 0.109. The van der Waals surface area contributed by atoms with Crippen molar-refractivity contribution in [2.75, 3.05) is 11.5 Å². The summed E-state index contributed by atoms with van der Waals surface area (Å²) in [6.07, 6.45) is 1.10. The number of hydrogen-bond donors (Lipinski definition) is 0. The van der Waals surface area contributed by atoms with Crippen molar-refractivity contribution in [3.63, 3.8) is 0 Å². The molecule has 110 valence electrons. The standard InChI is InChI=1S/C15H20Cl2N2S/c1-4-20-8-7-10(2)19-14-9-12(17)5-6-13(14)18-15(19)11(3)16/h5-6,9-11H,4,7-8H2,1-3H3. The molecule has 2 atom stereocenters. The maximum Gasteiger partial charge on any atom is 0.127 e. The number of halogens is 2. The van der Waals surface area contributed by atoms with Crippen LogP contribution in [0.2, 0.25) is 5.02 Å². The summed E-state index contributed by atoms with van der Waals surface area (Å²) in [5, 5.41) is 0.630. The average Bonchev–Trinajstić information content (AvgIpc) is 2.77. The van der Waals surface area contributed by atoms with E-state index in [-0.39, 0.29) is 5.38 Å². The summed E-state index contributed by atoms with van der Waals surface area (Å²) in [6.45, 7) is 6.38. The Labute approximate surface area is 134 Å². The van der Waals surface area contributed by atoms with Crippen molar-refractivity contribution in [1.82, 2.24) is 9.55 Å². The summed E-state index contributed by atoms with van der Waals surface area (Å²) in [5.74, 6) is 3.23. The van der Waals surface area contributed by atoms with Gasteiger partial charge in [-0.2, -0.15) is 11.8 Å². The maximum atomic E-state index is 6.30. The molecule has 0 N–H and O–H groups in total. The minimum atomic E-state index is -0.109. The quantitative estimate of drug-likeness (QED) is 0.499. The number of alkyl halides is 1. The van der Waals surface area contributed by atoms with E-state index in [4.69, 9.17) is 23.2 Å². The third kappa shape index (κ3) is 3.44. The van der Waals surface area contributed by atoms with Gasteiger partial charge in [-0.05, 0) is 50.0 Å². The molecule has 0 aliphatic heterocycles. The van der Waals surface area contributed by atoms with Crippen LogP contribution in [0.25, 0.3) is 11.0 Å². The lowest BCUT2D eigenvalue weighted by Gasteiger charge is -2.18. The summed E-state index contributed by atoms with van der Waals surface area (Å²) in [6, 6.07) is 6.19. The molecule has 2 aromatic rings. The number of thioether (sulfide) groups is 1. The summed E-state index contributed by atoms with van der Waals surface area (Å²) < 4.78 is 2.25. The van der Waals surface area contributed by atoms with Gasteiger partial charge in [0.25, 0.3) is 0 Å². The van der Waals surface area contributed by atoms with E-state index in [0.29, 0.717) is 6.04 Å². The molecule has 0 spiro atoms. The second-order valence-electron chi connectivity index (χ2n) is 4.92. The Kier molecular flexibility index (Phi) is 5.65. The molecule has 0 radical (unpaired) electrons. The van der Waals surface area contributed by atoms with Gasteiger partial charge in [-0.1, -0.05) is 18.5 Å². The number of hydrogen-bond acceptors (Lipinski definition) is 2. The van der Waals surface area contributed by atoms with E-state index in [1.165, 1.54) is 0 Å². The van der Waals surface area contributed by atoms with Gasteiger partial charge in [-0.25, -0.2) is 4.98 Å². The van der Waals surface area contributed by atoms with Crippen molar-refractivity contribution >= 4 is 46.0 Å². The molecule has 2 unspecified atom stereocenters. The van der Waals surface area contributed by atoms with Crippen LogP contribution in [0.5, 0.6) is 0 Å². The normalized spacial score (nSPS) is 14.7. The molecule has 1 aromatic heterocycles. The van der Waals surface area contributed by atoms with Gasteiger partial charge in [-0.3, -0.25) is 0 Å². The fraction of sp³-hybridized carbons (Fsp3) is 0.533. The third-order valence-corrected chi connectivity index (χ3v) is 4.72. The average molecular weight is 331 g/mol. The van der Waals surface area contributed by atoms with Crippen LogP contribution in [-0.4, -0.2) is 21.1 Å². The van der Waals surface area contributed by atoms with Gasteiger partial charge in [0.15, 0.2) is 0 Å². The molecular formula is C15H20Cl2N2S. The third-order valence-electron chi connectivity index (χ3n) is 3.36. The zero-order valence-electron chi connectivity index (χ0n) is 12.1. The second kappa shape index (κ2) is 7.06. The van der Waals surface area contributed by atoms with Crippen LogP contribution < -0.4 is 0 Å². The van der Waals surface area contributed by atoms with Crippen molar-refractivity contribution in [1.29, 1.82) is 0 Å². The van der Waals surface area contributed by atoms with Crippen LogP contribution in [0.3, 0.4) is 0 Å². The highest BCUT2D eigenvalue weighted by Crippen LogP contribution is 2.31. The smallest absolute Gasteiger partial charge is 0.127 e. The van der Waals surface area contributed by atoms with Gasteiger partial charge in [0, 0.05) is 11.1 Å². The van der Waals surface area contributed by atoms with Crippen molar-refractivity contribution in [3.8, 4) is 0 Å². The van der Waals surface area contributed by atoms with Crippen LogP contribution in [0.1, 0.15) is 44.4 Å². The molecule has 0 aliphatic carbocycles. The molecule has 0 aliphatic rings. The Morgan fingerprint density at radius 3 is 2.75 bits per heavy atom. The fourth-order valence-corrected chi connectivity index (χ4v) is 3.47. The van der Waals surface area contributed by atoms with Crippen LogP contribution in [0.4, 0.5) is 0 Å². The number of imidazole rings is 1. The van der Waals surface area contributed by atoms with E-state index < -0.39 is 0 Å². The lowest BCUT2D eigenvalue weighted by atomic mass is 10.2. The van der Waals surface area contributed by atoms with Gasteiger partial charge in [-0.15, -0.1) is 11.6 Å². The van der Waals surface area contributed by atoms with Crippen molar-refractivity contribution in [2.24, 2.45) is 0 Å². The number of rotatable bonds is 6. The van der Waals surface area contributed by atoms with E-state index >= 15 is 0 Å². The molecule has 20 heavy (non-hydrogen) atoms. The summed E-state index contributed by atoms with van der Waals surface area (Å²) in [4.78, 5) is 4.67. The van der Waals surface area contributed by atoms with Crippen LogP contribution in [-0.2, 0) is 0 Å². The largest absolute Gasteiger partial charge is 0.324 e. The number of nitrogens with zero attached hydrogens (tertiary/aromatic N) is 2. The number of aromatic nitrogens is 2. The molecule has 0 bridgehead atoms. The van der Waals surface area contributed by atoms with Gasteiger partial charge in [0.1, 0.15) is 5.82 Å². The molecular weight excluding hydrogens is 311 g/mol. The Hall–Kier alpha value is -0.380. The Bertz CT molecular complexity index is 581. The summed E-state index contributed by atoms with van der Waals surface area (Å²) in [7, 11) is 0. The van der Waals surface area contributed by atoms with Gasteiger partial charge < -0.3 is 4.57 Å².